The second-order valence-corrected chi connectivity index (χ2v) is 9.74. The number of carbonyl (C=O) groups excluding carboxylic acids is 1. The van der Waals surface area contributed by atoms with E-state index < -0.39 is 9.84 Å². The van der Waals surface area contributed by atoms with Crippen molar-refractivity contribution in [2.75, 3.05) is 26.4 Å². The van der Waals surface area contributed by atoms with Gasteiger partial charge in [0.1, 0.15) is 18.1 Å². The smallest absolute Gasteiger partial charge is 0.240 e. The first-order chi connectivity index (χ1) is 14.3. The molecule has 0 aliphatic rings. The van der Waals surface area contributed by atoms with E-state index >= 15 is 0 Å². The number of rotatable bonds is 10. The lowest BCUT2D eigenvalue weighted by molar-refractivity contribution is -0.121. The predicted molar refractivity (Wildman–Crippen MR) is 119 cm³/mol. The molecule has 1 amide bonds. The molecule has 0 saturated carbocycles. The third-order valence-corrected chi connectivity index (χ3v) is 5.54. The van der Waals surface area contributed by atoms with Crippen LogP contribution in [-0.2, 0) is 33.5 Å². The molecule has 3 aromatic rings. The number of carbonyl (C=O) groups is 1. The molecule has 0 spiro atoms. The number of para-hydroxylation sites is 2. The molecule has 30 heavy (non-hydrogen) atoms. The Labute approximate surface area is 177 Å². The number of nitrogens with zero attached hydrogens (tertiary/aromatic N) is 3. The van der Waals surface area contributed by atoms with Gasteiger partial charge in [-0.1, -0.05) is 42.5 Å². The van der Waals surface area contributed by atoms with Crippen molar-refractivity contribution in [3.63, 3.8) is 0 Å². The molecule has 0 saturated heterocycles. The number of benzene rings is 2. The van der Waals surface area contributed by atoms with Crippen LogP contribution >= 0.6 is 0 Å². The zero-order valence-electron chi connectivity index (χ0n) is 17.4. The minimum absolute atomic E-state index is 0.0468. The third kappa shape index (κ3) is 6.40. The standard InChI is InChI=1S/C22H28N4O3S/c1-25(15-18-9-4-3-5-10-18)14-8-13-23-22(27)16-26-20-12-7-6-11-19(20)24-21(26)17-30(2,28)29/h3-7,9-12H,8,13-17H2,1-2H3,(H,23,27). The normalized spacial score (nSPS) is 11.8. The molecule has 0 aliphatic heterocycles. The van der Waals surface area contributed by atoms with Crippen LogP contribution < -0.4 is 5.32 Å². The highest BCUT2D eigenvalue weighted by atomic mass is 32.2. The van der Waals surface area contributed by atoms with Crippen LogP contribution in [0.2, 0.25) is 0 Å². The van der Waals surface area contributed by atoms with Crippen molar-refractivity contribution in [2.45, 2.75) is 25.3 Å². The van der Waals surface area contributed by atoms with Crippen LogP contribution in [0.4, 0.5) is 0 Å². The second kappa shape index (κ2) is 9.86. The number of nitrogens with one attached hydrogen (secondary N) is 1. The maximum Gasteiger partial charge on any atom is 0.240 e. The molecular formula is C22H28N4O3S. The SMILES string of the molecule is CN(CCCNC(=O)Cn1c(CS(C)(=O)=O)nc2ccccc21)Cc1ccccc1. The summed E-state index contributed by atoms with van der Waals surface area (Å²) in [5, 5.41) is 2.93. The Morgan fingerprint density at radius 3 is 2.53 bits per heavy atom. The van der Waals surface area contributed by atoms with E-state index in [1.165, 1.54) is 11.8 Å². The van der Waals surface area contributed by atoms with Crippen molar-refractivity contribution in [2.24, 2.45) is 0 Å². The van der Waals surface area contributed by atoms with Crippen molar-refractivity contribution in [3.05, 3.63) is 66.0 Å². The molecule has 1 N–H and O–H groups in total. The quantitative estimate of drug-likeness (QED) is 0.501. The van der Waals surface area contributed by atoms with Gasteiger partial charge in [-0.05, 0) is 37.7 Å². The second-order valence-electron chi connectivity index (χ2n) is 7.60. The molecule has 0 unspecified atom stereocenters. The molecule has 1 heterocycles. The van der Waals surface area contributed by atoms with Gasteiger partial charge >= 0.3 is 0 Å². The van der Waals surface area contributed by atoms with Gasteiger partial charge in [-0.15, -0.1) is 0 Å². The minimum Gasteiger partial charge on any atom is -0.355 e. The average molecular weight is 429 g/mol. The van der Waals surface area contributed by atoms with E-state index in [9.17, 15) is 13.2 Å². The van der Waals surface area contributed by atoms with Crippen LogP contribution in [0.3, 0.4) is 0 Å². The number of imidazole rings is 1. The molecule has 3 rings (SSSR count). The summed E-state index contributed by atoms with van der Waals surface area (Å²) in [6.45, 7) is 2.34. The van der Waals surface area contributed by atoms with E-state index in [1.54, 1.807) is 4.57 Å². The fourth-order valence-electron chi connectivity index (χ4n) is 3.40. The molecule has 0 aliphatic carbocycles. The lowest BCUT2D eigenvalue weighted by Gasteiger charge is -2.17. The van der Waals surface area contributed by atoms with Gasteiger partial charge in [-0.25, -0.2) is 13.4 Å². The predicted octanol–water partition coefficient (Wildman–Crippen LogP) is 2.22. The molecule has 0 fully saturated rings. The Bertz CT molecular complexity index is 1090. The first-order valence-electron chi connectivity index (χ1n) is 9.93. The Hall–Kier alpha value is -2.71. The van der Waals surface area contributed by atoms with Gasteiger partial charge < -0.3 is 14.8 Å². The minimum atomic E-state index is -3.26. The number of amides is 1. The summed E-state index contributed by atoms with van der Waals surface area (Å²) < 4.78 is 25.2. The van der Waals surface area contributed by atoms with Gasteiger partial charge in [0, 0.05) is 19.3 Å². The highest BCUT2D eigenvalue weighted by molar-refractivity contribution is 7.89. The lowest BCUT2D eigenvalue weighted by atomic mass is 10.2. The van der Waals surface area contributed by atoms with Crippen molar-refractivity contribution in [1.29, 1.82) is 0 Å². The zero-order chi connectivity index (χ0) is 21.6. The highest BCUT2D eigenvalue weighted by Crippen LogP contribution is 2.17. The highest BCUT2D eigenvalue weighted by Gasteiger charge is 2.17. The molecule has 1 aromatic heterocycles. The largest absolute Gasteiger partial charge is 0.355 e. The number of fused-ring (bicyclic) bond motifs is 1. The summed E-state index contributed by atoms with van der Waals surface area (Å²) in [4.78, 5) is 19.1. The molecule has 2 aromatic carbocycles. The first-order valence-corrected chi connectivity index (χ1v) is 12.0. The molecule has 160 valence electrons. The zero-order valence-corrected chi connectivity index (χ0v) is 18.2. The van der Waals surface area contributed by atoms with Crippen molar-refractivity contribution >= 4 is 26.8 Å². The van der Waals surface area contributed by atoms with Gasteiger partial charge in [0.15, 0.2) is 9.84 Å². The van der Waals surface area contributed by atoms with Gasteiger partial charge in [-0.2, -0.15) is 0 Å². The fraction of sp³-hybridized carbons (Fsp3) is 0.364. The van der Waals surface area contributed by atoms with Crippen molar-refractivity contribution < 1.29 is 13.2 Å². The van der Waals surface area contributed by atoms with Crippen LogP contribution in [0, 0.1) is 0 Å². The Morgan fingerprint density at radius 1 is 1.10 bits per heavy atom. The molecule has 0 radical (unpaired) electrons. The van der Waals surface area contributed by atoms with Crippen LogP contribution in [-0.4, -0.2) is 55.2 Å². The van der Waals surface area contributed by atoms with Gasteiger partial charge in [-0.3, -0.25) is 4.79 Å². The molecule has 7 nitrogen and oxygen atoms in total. The van der Waals surface area contributed by atoms with Gasteiger partial charge in [0.05, 0.1) is 11.0 Å². The number of sulfone groups is 1. The van der Waals surface area contributed by atoms with Crippen LogP contribution in [0.5, 0.6) is 0 Å². The summed E-state index contributed by atoms with van der Waals surface area (Å²) in [5.41, 5.74) is 2.70. The van der Waals surface area contributed by atoms with Crippen molar-refractivity contribution in [3.8, 4) is 0 Å². The molecule has 0 atom stereocenters. The van der Waals surface area contributed by atoms with Crippen LogP contribution in [0.25, 0.3) is 11.0 Å². The third-order valence-electron chi connectivity index (χ3n) is 4.76. The maximum absolute atomic E-state index is 12.5. The molecule has 8 heteroatoms. The maximum atomic E-state index is 12.5. The summed E-state index contributed by atoms with van der Waals surface area (Å²) in [6.07, 6.45) is 2.00. The number of hydrogen-bond donors (Lipinski definition) is 1. The van der Waals surface area contributed by atoms with E-state index in [1.807, 2.05) is 42.5 Å². The monoisotopic (exact) mass is 428 g/mol. The van der Waals surface area contributed by atoms with Gasteiger partial charge in [0.2, 0.25) is 5.91 Å². The number of aromatic nitrogens is 2. The van der Waals surface area contributed by atoms with E-state index in [0.717, 1.165) is 25.0 Å². The Kier molecular flexibility index (Phi) is 7.23. The number of hydrogen-bond acceptors (Lipinski definition) is 5. The Morgan fingerprint density at radius 2 is 1.80 bits per heavy atom. The van der Waals surface area contributed by atoms with Gasteiger partial charge in [0.25, 0.3) is 0 Å². The molecular weight excluding hydrogens is 400 g/mol. The summed E-state index contributed by atoms with van der Waals surface area (Å²) in [7, 11) is -1.20. The topological polar surface area (TPSA) is 84.3 Å². The van der Waals surface area contributed by atoms with Crippen LogP contribution in [0.1, 0.15) is 17.8 Å². The Balaban J connectivity index is 1.53. The fourth-order valence-corrected chi connectivity index (χ4v) is 4.09. The average Bonchev–Trinajstić information content (AvgIpc) is 3.01. The van der Waals surface area contributed by atoms with E-state index in [4.69, 9.17) is 0 Å². The summed E-state index contributed by atoms with van der Waals surface area (Å²) >= 11 is 0. The van der Waals surface area contributed by atoms with E-state index in [-0.39, 0.29) is 18.2 Å². The summed E-state index contributed by atoms with van der Waals surface area (Å²) in [5.74, 6) is 0.0363. The van der Waals surface area contributed by atoms with E-state index in [0.29, 0.717) is 17.9 Å². The van der Waals surface area contributed by atoms with Crippen LogP contribution in [0.15, 0.2) is 54.6 Å². The van der Waals surface area contributed by atoms with Crippen molar-refractivity contribution in [1.82, 2.24) is 19.8 Å². The first kappa shape index (κ1) is 22.0. The molecule has 0 bridgehead atoms. The summed E-state index contributed by atoms with van der Waals surface area (Å²) in [6, 6.07) is 17.6. The van der Waals surface area contributed by atoms with E-state index in [2.05, 4.69) is 34.4 Å². The lowest BCUT2D eigenvalue weighted by Crippen LogP contribution is -2.31.